The van der Waals surface area contributed by atoms with Crippen molar-refractivity contribution in [1.82, 2.24) is 10.3 Å². The molecule has 17 heavy (non-hydrogen) atoms. The van der Waals surface area contributed by atoms with Crippen LogP contribution in [0, 0.1) is 18.4 Å². The SMILES string of the molecule is [CH2-]NC(=O)c1ccc(C#N)c(S(C)(=O)=O)n1.[K+]. The smallest absolute Gasteiger partial charge is 0.503 e. The van der Waals surface area contributed by atoms with E-state index in [2.05, 4.69) is 17.3 Å². The molecule has 0 aliphatic heterocycles. The average Bonchev–Trinajstić information content (AvgIpc) is 2.26. The van der Waals surface area contributed by atoms with Crippen molar-refractivity contribution in [3.8, 4) is 6.07 Å². The number of nitrogens with one attached hydrogen (secondary N) is 1. The molecule has 1 N–H and O–H groups in total. The van der Waals surface area contributed by atoms with E-state index in [1.807, 2.05) is 0 Å². The molecule has 0 radical (unpaired) electrons. The predicted molar refractivity (Wildman–Crippen MR) is 54.9 cm³/mol. The summed E-state index contributed by atoms with van der Waals surface area (Å²) in [5.41, 5.74) is -0.197. The molecule has 0 spiro atoms. The van der Waals surface area contributed by atoms with Crippen molar-refractivity contribution in [3.05, 3.63) is 30.4 Å². The van der Waals surface area contributed by atoms with Gasteiger partial charge in [0, 0.05) is 6.26 Å². The van der Waals surface area contributed by atoms with Crippen LogP contribution in [0.5, 0.6) is 0 Å². The molecule has 8 heteroatoms. The van der Waals surface area contributed by atoms with E-state index in [4.69, 9.17) is 5.26 Å². The number of rotatable bonds is 2. The van der Waals surface area contributed by atoms with E-state index in [1.165, 1.54) is 12.1 Å². The maximum Gasteiger partial charge on any atom is 1.00 e. The fourth-order valence-corrected chi connectivity index (χ4v) is 1.80. The Kier molecular flexibility index (Phi) is 6.46. The monoisotopic (exact) mass is 277 g/mol. The summed E-state index contributed by atoms with van der Waals surface area (Å²) < 4.78 is 22.6. The van der Waals surface area contributed by atoms with Gasteiger partial charge in [-0.25, -0.2) is 13.4 Å². The summed E-state index contributed by atoms with van der Waals surface area (Å²) in [7, 11) is -0.501. The van der Waals surface area contributed by atoms with Gasteiger partial charge in [-0.3, -0.25) is 11.8 Å². The van der Waals surface area contributed by atoms with Crippen LogP contribution < -0.4 is 56.7 Å². The van der Waals surface area contributed by atoms with Crippen LogP contribution in [0.4, 0.5) is 0 Å². The van der Waals surface area contributed by atoms with Crippen LogP contribution in [0.25, 0.3) is 0 Å². The van der Waals surface area contributed by atoms with Crippen molar-refractivity contribution in [2.24, 2.45) is 0 Å². The molecule has 1 aromatic rings. The number of carbonyl (C=O) groups is 1. The average molecular weight is 277 g/mol. The molecule has 1 aromatic heterocycles. The van der Waals surface area contributed by atoms with E-state index in [0.29, 0.717) is 0 Å². The van der Waals surface area contributed by atoms with Crippen LogP contribution >= 0.6 is 0 Å². The Labute approximate surface area is 142 Å². The molecular formula is C9H8KN3O3S. The Morgan fingerprint density at radius 3 is 2.53 bits per heavy atom. The quantitative estimate of drug-likeness (QED) is 0.455. The number of pyridine rings is 1. The van der Waals surface area contributed by atoms with Crippen molar-refractivity contribution < 1.29 is 64.6 Å². The second-order valence-corrected chi connectivity index (χ2v) is 4.87. The van der Waals surface area contributed by atoms with Crippen LogP contribution in [0.3, 0.4) is 0 Å². The van der Waals surface area contributed by atoms with E-state index in [-0.39, 0.29) is 62.6 Å². The van der Waals surface area contributed by atoms with Gasteiger partial charge in [-0.15, -0.1) is 0 Å². The minimum absolute atomic E-state index is 0. The third kappa shape index (κ3) is 4.13. The Morgan fingerprint density at radius 1 is 1.53 bits per heavy atom. The summed E-state index contributed by atoms with van der Waals surface area (Å²) in [6.07, 6.45) is 0.919. The molecule has 0 aliphatic carbocycles. The summed E-state index contributed by atoms with van der Waals surface area (Å²) in [4.78, 5) is 14.8. The minimum Gasteiger partial charge on any atom is -0.503 e. The Hall–Kier alpha value is -0.304. The number of aromatic nitrogens is 1. The largest absolute Gasteiger partial charge is 1.00 e. The van der Waals surface area contributed by atoms with Crippen LogP contribution in [0.1, 0.15) is 16.1 Å². The zero-order chi connectivity index (χ0) is 12.3. The molecule has 0 saturated carbocycles. The fraction of sp³-hybridized carbons (Fsp3) is 0.111. The van der Waals surface area contributed by atoms with Gasteiger partial charge in [-0.05, 0) is 12.1 Å². The Balaban J connectivity index is 0.00000256. The molecule has 0 fully saturated rings. The molecule has 1 heterocycles. The van der Waals surface area contributed by atoms with Crippen molar-refractivity contribution >= 4 is 15.7 Å². The van der Waals surface area contributed by atoms with Crippen molar-refractivity contribution in [1.29, 1.82) is 5.26 Å². The summed E-state index contributed by atoms with van der Waals surface area (Å²) in [5, 5.41) is 10.4. The van der Waals surface area contributed by atoms with E-state index in [0.717, 1.165) is 6.26 Å². The first-order valence-electron chi connectivity index (χ1n) is 4.08. The van der Waals surface area contributed by atoms with Crippen LogP contribution in [-0.2, 0) is 9.84 Å². The molecular weight excluding hydrogens is 269 g/mol. The van der Waals surface area contributed by atoms with Gasteiger partial charge in [0.2, 0.25) is 5.91 Å². The number of sulfone groups is 1. The molecule has 0 atom stereocenters. The topological polar surface area (TPSA) is 99.9 Å². The second kappa shape index (κ2) is 6.58. The maximum atomic E-state index is 11.3. The minimum atomic E-state index is -3.64. The predicted octanol–water partition coefficient (Wildman–Crippen LogP) is -3.12. The fourth-order valence-electron chi connectivity index (χ4n) is 1.03. The number of hydrogen-bond donors (Lipinski definition) is 1. The molecule has 0 unspecified atom stereocenters. The van der Waals surface area contributed by atoms with E-state index < -0.39 is 20.8 Å². The normalized spacial score (nSPS) is 9.94. The first-order chi connectivity index (χ1) is 7.40. The maximum absolute atomic E-state index is 11.3. The molecule has 0 aliphatic rings. The number of carbonyl (C=O) groups excluding carboxylic acids is 1. The van der Waals surface area contributed by atoms with E-state index in [9.17, 15) is 13.2 Å². The Bertz CT molecular complexity index is 578. The van der Waals surface area contributed by atoms with E-state index >= 15 is 0 Å². The van der Waals surface area contributed by atoms with Gasteiger partial charge in [0.05, 0.1) is 5.56 Å². The molecule has 84 valence electrons. The van der Waals surface area contributed by atoms with Gasteiger partial charge < -0.3 is 5.32 Å². The van der Waals surface area contributed by atoms with Crippen LogP contribution in [0.15, 0.2) is 17.2 Å². The number of nitriles is 1. The standard InChI is InChI=1S/C9H8N3O3S.K/c1-11-8(13)7-4-3-6(5-10)9(12-7)16(2,14)15;/h3-4H,1H2,2H3,(H,11,13);/q-1;+1. The molecule has 6 nitrogen and oxygen atoms in total. The van der Waals surface area contributed by atoms with Crippen molar-refractivity contribution in [2.75, 3.05) is 6.26 Å². The van der Waals surface area contributed by atoms with Gasteiger partial charge in [-0.1, -0.05) is 0 Å². The summed E-state index contributed by atoms with van der Waals surface area (Å²) in [5.74, 6) is -0.616. The van der Waals surface area contributed by atoms with Crippen molar-refractivity contribution in [2.45, 2.75) is 5.03 Å². The van der Waals surface area contributed by atoms with E-state index in [1.54, 1.807) is 6.07 Å². The van der Waals surface area contributed by atoms with Crippen LogP contribution in [0.2, 0.25) is 0 Å². The van der Waals surface area contributed by atoms with Gasteiger partial charge in [-0.2, -0.15) is 5.26 Å². The molecule has 0 bridgehead atoms. The van der Waals surface area contributed by atoms with Crippen LogP contribution in [-0.4, -0.2) is 25.6 Å². The van der Waals surface area contributed by atoms with Gasteiger partial charge >= 0.3 is 51.4 Å². The number of nitrogens with zero attached hydrogens (tertiary/aromatic N) is 2. The van der Waals surface area contributed by atoms with Crippen molar-refractivity contribution in [3.63, 3.8) is 0 Å². The zero-order valence-corrected chi connectivity index (χ0v) is 13.3. The molecule has 1 rings (SSSR count). The summed E-state index contributed by atoms with van der Waals surface area (Å²) in [6.45, 7) is 0. The third-order valence-corrected chi connectivity index (χ3v) is 2.74. The Morgan fingerprint density at radius 2 is 2.12 bits per heavy atom. The first-order valence-corrected chi connectivity index (χ1v) is 5.98. The molecule has 1 amide bonds. The number of hydrogen-bond acceptors (Lipinski definition) is 5. The third-order valence-electron chi connectivity index (χ3n) is 1.73. The second-order valence-electron chi connectivity index (χ2n) is 2.94. The first kappa shape index (κ1) is 16.7. The van der Waals surface area contributed by atoms with Gasteiger partial charge in [0.25, 0.3) is 0 Å². The summed E-state index contributed by atoms with van der Waals surface area (Å²) in [6, 6.07) is 4.19. The zero-order valence-electron chi connectivity index (χ0n) is 9.39. The van der Waals surface area contributed by atoms with Gasteiger partial charge in [0.15, 0.2) is 14.9 Å². The molecule has 0 saturated heterocycles. The summed E-state index contributed by atoms with van der Waals surface area (Å²) >= 11 is 0. The van der Waals surface area contributed by atoms with Gasteiger partial charge in [0.1, 0.15) is 11.8 Å². The number of amides is 1. The molecule has 0 aromatic carbocycles.